The van der Waals surface area contributed by atoms with Crippen molar-refractivity contribution in [3.63, 3.8) is 0 Å². The number of hydrogen-bond donors (Lipinski definition) is 1. The van der Waals surface area contributed by atoms with Gasteiger partial charge in [-0.05, 0) is 45.6 Å². The van der Waals surface area contributed by atoms with E-state index in [0.717, 1.165) is 30.6 Å². The van der Waals surface area contributed by atoms with Gasteiger partial charge in [0.15, 0.2) is 0 Å². The van der Waals surface area contributed by atoms with Gasteiger partial charge in [0.25, 0.3) is 0 Å². The second kappa shape index (κ2) is 5.08. The minimum atomic E-state index is 0.725. The summed E-state index contributed by atoms with van der Waals surface area (Å²) in [5, 5.41) is 7.02. The van der Waals surface area contributed by atoms with Crippen molar-refractivity contribution in [3.05, 3.63) is 16.1 Å². The van der Waals surface area contributed by atoms with Gasteiger partial charge in [-0.2, -0.15) is 0 Å². The quantitative estimate of drug-likeness (QED) is 0.752. The summed E-state index contributed by atoms with van der Waals surface area (Å²) in [6, 6.07) is 0.725. The van der Waals surface area contributed by atoms with Crippen LogP contribution in [0.3, 0.4) is 0 Å². The highest BCUT2D eigenvalue weighted by atomic mass is 32.1. The van der Waals surface area contributed by atoms with E-state index < -0.39 is 0 Å². The van der Waals surface area contributed by atoms with E-state index in [2.05, 4.69) is 29.5 Å². The fourth-order valence-electron chi connectivity index (χ4n) is 1.85. The Balaban J connectivity index is 1.58. The molecule has 0 radical (unpaired) electrons. The van der Waals surface area contributed by atoms with Crippen molar-refractivity contribution < 1.29 is 0 Å². The number of hydrogen-bond acceptors (Lipinski definition) is 3. The second-order valence-electron chi connectivity index (χ2n) is 4.57. The molecule has 3 heteroatoms. The second-order valence-corrected chi connectivity index (χ2v) is 5.51. The van der Waals surface area contributed by atoms with Crippen LogP contribution in [0.5, 0.6) is 0 Å². The van der Waals surface area contributed by atoms with E-state index in [1.807, 2.05) is 0 Å². The maximum absolute atomic E-state index is 4.47. The van der Waals surface area contributed by atoms with Gasteiger partial charge in [0.1, 0.15) is 0 Å². The standard InChI is InChI=1S/C12H20N2S/c1-9-8-15-12(14-9)4-3-7-13-10(2)11-5-6-11/h8,10-11,13H,3-7H2,1-2H3. The van der Waals surface area contributed by atoms with Gasteiger partial charge < -0.3 is 5.32 Å². The first-order valence-electron chi connectivity index (χ1n) is 5.90. The summed E-state index contributed by atoms with van der Waals surface area (Å²) in [6.07, 6.45) is 5.20. The van der Waals surface area contributed by atoms with Crippen LogP contribution >= 0.6 is 11.3 Å². The van der Waals surface area contributed by atoms with Crippen LogP contribution in [0, 0.1) is 12.8 Å². The molecule has 2 nitrogen and oxygen atoms in total. The van der Waals surface area contributed by atoms with Gasteiger partial charge in [0.05, 0.1) is 5.01 Å². The van der Waals surface area contributed by atoms with E-state index in [-0.39, 0.29) is 0 Å². The maximum Gasteiger partial charge on any atom is 0.0928 e. The Morgan fingerprint density at radius 3 is 3.00 bits per heavy atom. The molecule has 1 aromatic heterocycles. The van der Waals surface area contributed by atoms with Crippen molar-refractivity contribution >= 4 is 11.3 Å². The minimum Gasteiger partial charge on any atom is -0.314 e. The fourth-order valence-corrected chi connectivity index (χ4v) is 2.67. The lowest BCUT2D eigenvalue weighted by molar-refractivity contribution is 0.490. The Bertz CT molecular complexity index is 304. The van der Waals surface area contributed by atoms with Gasteiger partial charge >= 0.3 is 0 Å². The molecule has 1 aromatic rings. The van der Waals surface area contributed by atoms with Gasteiger partial charge in [-0.15, -0.1) is 11.3 Å². The SMILES string of the molecule is Cc1csc(CCCNC(C)C2CC2)n1. The first-order chi connectivity index (χ1) is 7.25. The van der Waals surface area contributed by atoms with Crippen molar-refractivity contribution in [2.24, 2.45) is 5.92 Å². The van der Waals surface area contributed by atoms with E-state index in [4.69, 9.17) is 0 Å². The third-order valence-corrected chi connectivity index (χ3v) is 4.06. The molecule has 2 rings (SSSR count). The van der Waals surface area contributed by atoms with Crippen LogP contribution in [-0.2, 0) is 6.42 Å². The van der Waals surface area contributed by atoms with E-state index in [0.29, 0.717) is 0 Å². The molecule has 0 bridgehead atoms. The van der Waals surface area contributed by atoms with Crippen molar-refractivity contribution in [1.82, 2.24) is 10.3 Å². The minimum absolute atomic E-state index is 0.725. The third kappa shape index (κ3) is 3.58. The lowest BCUT2D eigenvalue weighted by atomic mass is 10.2. The van der Waals surface area contributed by atoms with E-state index >= 15 is 0 Å². The van der Waals surface area contributed by atoms with E-state index in [1.54, 1.807) is 11.3 Å². The molecule has 1 N–H and O–H groups in total. The summed E-state index contributed by atoms with van der Waals surface area (Å²) in [5.74, 6) is 0.965. The van der Waals surface area contributed by atoms with Crippen LogP contribution in [0.2, 0.25) is 0 Å². The summed E-state index contributed by atoms with van der Waals surface area (Å²) in [7, 11) is 0. The van der Waals surface area contributed by atoms with Crippen molar-refractivity contribution in [2.45, 2.75) is 45.6 Å². The Morgan fingerprint density at radius 2 is 2.40 bits per heavy atom. The predicted octanol–water partition coefficient (Wildman–Crippen LogP) is 2.77. The van der Waals surface area contributed by atoms with Gasteiger partial charge in [-0.1, -0.05) is 0 Å². The van der Waals surface area contributed by atoms with Crippen molar-refractivity contribution in [3.8, 4) is 0 Å². The van der Waals surface area contributed by atoms with Crippen LogP contribution < -0.4 is 5.32 Å². The normalized spacial score (nSPS) is 18.0. The lowest BCUT2D eigenvalue weighted by Crippen LogP contribution is -2.28. The van der Waals surface area contributed by atoms with Crippen LogP contribution in [0.25, 0.3) is 0 Å². The molecule has 1 heterocycles. The number of aryl methyl sites for hydroxylation is 2. The largest absolute Gasteiger partial charge is 0.314 e. The number of nitrogens with one attached hydrogen (secondary N) is 1. The first-order valence-corrected chi connectivity index (χ1v) is 6.78. The highest BCUT2D eigenvalue weighted by Gasteiger charge is 2.26. The van der Waals surface area contributed by atoms with Crippen LogP contribution in [-0.4, -0.2) is 17.6 Å². The number of aromatic nitrogens is 1. The molecule has 0 saturated heterocycles. The summed E-state index contributed by atoms with van der Waals surface area (Å²) in [4.78, 5) is 4.47. The summed E-state index contributed by atoms with van der Waals surface area (Å²) >= 11 is 1.79. The molecule has 1 atom stereocenters. The van der Waals surface area contributed by atoms with Crippen molar-refractivity contribution in [1.29, 1.82) is 0 Å². The zero-order valence-electron chi connectivity index (χ0n) is 9.62. The van der Waals surface area contributed by atoms with E-state index in [1.165, 1.54) is 24.3 Å². The molecular formula is C12H20N2S. The van der Waals surface area contributed by atoms with Crippen LogP contribution in [0.15, 0.2) is 5.38 Å². The number of thiazole rings is 1. The Hall–Kier alpha value is -0.410. The molecule has 1 aliphatic rings. The molecule has 1 saturated carbocycles. The molecule has 1 fully saturated rings. The van der Waals surface area contributed by atoms with Gasteiger partial charge in [0, 0.05) is 23.5 Å². The van der Waals surface area contributed by atoms with Gasteiger partial charge in [0.2, 0.25) is 0 Å². The molecule has 0 aliphatic heterocycles. The van der Waals surface area contributed by atoms with E-state index in [9.17, 15) is 0 Å². The zero-order chi connectivity index (χ0) is 10.7. The summed E-state index contributed by atoms with van der Waals surface area (Å²) in [6.45, 7) is 5.51. The van der Waals surface area contributed by atoms with Crippen LogP contribution in [0.4, 0.5) is 0 Å². The average Bonchev–Trinajstić information content (AvgIpc) is 2.98. The predicted molar refractivity (Wildman–Crippen MR) is 65.4 cm³/mol. The number of nitrogens with zero attached hydrogens (tertiary/aromatic N) is 1. The lowest BCUT2D eigenvalue weighted by Gasteiger charge is -2.11. The van der Waals surface area contributed by atoms with Crippen molar-refractivity contribution in [2.75, 3.05) is 6.54 Å². The molecule has 1 aliphatic carbocycles. The molecule has 0 spiro atoms. The highest BCUT2D eigenvalue weighted by molar-refractivity contribution is 7.09. The maximum atomic E-state index is 4.47. The highest BCUT2D eigenvalue weighted by Crippen LogP contribution is 2.32. The third-order valence-electron chi connectivity index (χ3n) is 3.03. The molecule has 84 valence electrons. The summed E-state index contributed by atoms with van der Waals surface area (Å²) < 4.78 is 0. The van der Waals surface area contributed by atoms with Crippen LogP contribution in [0.1, 0.15) is 36.9 Å². The zero-order valence-corrected chi connectivity index (χ0v) is 10.4. The Labute approximate surface area is 96.1 Å². The smallest absolute Gasteiger partial charge is 0.0928 e. The Morgan fingerprint density at radius 1 is 1.60 bits per heavy atom. The summed E-state index contributed by atoms with van der Waals surface area (Å²) in [5.41, 5.74) is 1.16. The average molecular weight is 224 g/mol. The molecule has 0 aromatic carbocycles. The molecule has 15 heavy (non-hydrogen) atoms. The van der Waals surface area contributed by atoms with Gasteiger partial charge in [-0.25, -0.2) is 4.98 Å². The topological polar surface area (TPSA) is 24.9 Å². The first kappa shape index (κ1) is 11.1. The molecular weight excluding hydrogens is 204 g/mol. The molecule has 0 amide bonds. The monoisotopic (exact) mass is 224 g/mol. The Kier molecular flexibility index (Phi) is 3.76. The van der Waals surface area contributed by atoms with Gasteiger partial charge in [-0.3, -0.25) is 0 Å². The number of rotatable bonds is 6. The molecule has 1 unspecified atom stereocenters. The fraction of sp³-hybridized carbons (Fsp3) is 0.750.